The predicted octanol–water partition coefficient (Wildman–Crippen LogP) is -1.29. The quantitative estimate of drug-likeness (QED) is 0.335. The molecule has 1 aromatic carbocycles. The van der Waals surface area contributed by atoms with Crippen molar-refractivity contribution < 1.29 is 44.9 Å². The van der Waals surface area contributed by atoms with Crippen molar-refractivity contribution >= 4 is 5.78 Å². The minimum absolute atomic E-state index is 0.0294. The van der Waals surface area contributed by atoms with Crippen LogP contribution in [0.4, 0.5) is 0 Å². The summed E-state index contributed by atoms with van der Waals surface area (Å²) in [5.41, 5.74) is 2.91. The molecule has 7 atom stereocenters. The number of ether oxygens (including phenoxy) is 2. The van der Waals surface area contributed by atoms with Gasteiger partial charge >= 0.3 is 0 Å². The molecule has 0 spiro atoms. The third-order valence-corrected chi connectivity index (χ3v) is 5.94. The molecule has 162 valence electrons. The minimum Gasteiger partial charge on any atom is -0.394 e. The third kappa shape index (κ3) is 3.85. The van der Waals surface area contributed by atoms with Crippen LogP contribution < -0.4 is 0 Å². The van der Waals surface area contributed by atoms with Crippen molar-refractivity contribution in [3.05, 3.63) is 33.9 Å². The first-order valence-electron chi connectivity index (χ1n) is 9.63. The first-order valence-corrected chi connectivity index (χ1v) is 9.63. The number of carbonyl (C=O) groups is 1. The van der Waals surface area contributed by atoms with Crippen LogP contribution in [0.3, 0.4) is 0 Å². The van der Waals surface area contributed by atoms with Gasteiger partial charge in [0.1, 0.15) is 24.4 Å². The highest BCUT2D eigenvalue weighted by Crippen LogP contribution is 2.40. The molecule has 1 aromatic rings. The summed E-state index contributed by atoms with van der Waals surface area (Å²) in [6.45, 7) is 2.61. The monoisotopic (exact) mass is 412 g/mol. The van der Waals surface area contributed by atoms with Gasteiger partial charge in [-0.2, -0.15) is 0 Å². The fourth-order valence-electron chi connectivity index (χ4n) is 4.13. The molecule has 1 fully saturated rings. The Labute approximate surface area is 168 Å². The number of Topliss-reactive ketones (excluding diaryl/α,β-unsaturated/α-hetero) is 1. The molecular formula is C20H28O9. The van der Waals surface area contributed by atoms with Gasteiger partial charge in [-0.1, -0.05) is 6.92 Å². The highest BCUT2D eigenvalue weighted by Gasteiger charge is 2.44. The van der Waals surface area contributed by atoms with Gasteiger partial charge in [-0.3, -0.25) is 4.79 Å². The number of rotatable bonds is 6. The van der Waals surface area contributed by atoms with E-state index in [2.05, 4.69) is 0 Å². The molecule has 1 heterocycles. The van der Waals surface area contributed by atoms with Crippen LogP contribution in [0.15, 0.2) is 6.07 Å². The van der Waals surface area contributed by atoms with E-state index in [1.54, 1.807) is 19.9 Å². The van der Waals surface area contributed by atoms with E-state index >= 15 is 0 Å². The summed E-state index contributed by atoms with van der Waals surface area (Å²) in [4.78, 5) is 12.5. The summed E-state index contributed by atoms with van der Waals surface area (Å²) < 4.78 is 10.8. The fourth-order valence-corrected chi connectivity index (χ4v) is 4.13. The highest BCUT2D eigenvalue weighted by atomic mass is 16.7. The van der Waals surface area contributed by atoms with Gasteiger partial charge in [0.2, 0.25) is 0 Å². The average Bonchev–Trinajstić information content (AvgIpc) is 2.93. The fraction of sp³-hybridized carbons (Fsp3) is 0.650. The highest BCUT2D eigenvalue weighted by molar-refractivity contribution is 6.04. The van der Waals surface area contributed by atoms with E-state index in [1.807, 2.05) is 0 Å². The van der Waals surface area contributed by atoms with Gasteiger partial charge in [0.05, 0.1) is 25.9 Å². The van der Waals surface area contributed by atoms with E-state index in [4.69, 9.17) is 9.47 Å². The Morgan fingerprint density at radius 2 is 1.79 bits per heavy atom. The number of hydrogen-bond donors (Lipinski definition) is 6. The summed E-state index contributed by atoms with van der Waals surface area (Å²) >= 11 is 0. The summed E-state index contributed by atoms with van der Waals surface area (Å²) in [5, 5.41) is 59.0. The van der Waals surface area contributed by atoms with E-state index < -0.39 is 49.3 Å². The molecule has 1 aliphatic heterocycles. The van der Waals surface area contributed by atoms with Crippen LogP contribution in [0.2, 0.25) is 0 Å². The Morgan fingerprint density at radius 3 is 2.41 bits per heavy atom. The second-order valence-electron chi connectivity index (χ2n) is 7.68. The van der Waals surface area contributed by atoms with Crippen molar-refractivity contribution in [3.8, 4) is 0 Å². The van der Waals surface area contributed by atoms with Gasteiger partial charge < -0.3 is 40.1 Å². The van der Waals surface area contributed by atoms with Crippen LogP contribution in [-0.4, -0.2) is 80.3 Å². The summed E-state index contributed by atoms with van der Waals surface area (Å²) in [6.07, 6.45) is -7.42. The van der Waals surface area contributed by atoms with E-state index in [1.165, 1.54) is 0 Å². The minimum atomic E-state index is -1.53. The molecule has 7 unspecified atom stereocenters. The Hall–Kier alpha value is -1.43. The molecule has 9 heteroatoms. The first-order chi connectivity index (χ1) is 13.7. The van der Waals surface area contributed by atoms with Crippen molar-refractivity contribution in [2.24, 2.45) is 5.92 Å². The van der Waals surface area contributed by atoms with Gasteiger partial charge in [0, 0.05) is 11.5 Å². The van der Waals surface area contributed by atoms with Crippen LogP contribution >= 0.6 is 0 Å². The van der Waals surface area contributed by atoms with Crippen molar-refractivity contribution in [1.29, 1.82) is 0 Å². The normalized spacial score (nSPS) is 34.5. The maximum absolute atomic E-state index is 12.5. The Morgan fingerprint density at radius 1 is 1.10 bits per heavy atom. The lowest BCUT2D eigenvalue weighted by molar-refractivity contribution is -0.300. The number of benzene rings is 1. The lowest BCUT2D eigenvalue weighted by atomic mass is 9.91. The zero-order valence-corrected chi connectivity index (χ0v) is 16.4. The standard InChI is InChI=1S/C20H28O9/c1-8-11(10(6-21)5-12-14(8)16(24)9(2)15(12)23)3-4-28-20-19(27)18(26)17(25)13(7-22)29-20/h5,9,13,15,17-23,25-27H,3-4,6-7H2,1-2H3. The number of aliphatic hydroxyl groups is 6. The van der Waals surface area contributed by atoms with Gasteiger partial charge in [0.15, 0.2) is 12.1 Å². The van der Waals surface area contributed by atoms with E-state index in [0.717, 1.165) is 0 Å². The van der Waals surface area contributed by atoms with E-state index in [-0.39, 0.29) is 25.4 Å². The molecule has 1 aliphatic carbocycles. The molecular weight excluding hydrogens is 384 g/mol. The smallest absolute Gasteiger partial charge is 0.186 e. The van der Waals surface area contributed by atoms with Gasteiger partial charge in [-0.05, 0) is 41.7 Å². The molecule has 29 heavy (non-hydrogen) atoms. The molecule has 0 bridgehead atoms. The Balaban J connectivity index is 1.75. The number of ketones is 1. The zero-order valence-electron chi connectivity index (χ0n) is 16.4. The maximum Gasteiger partial charge on any atom is 0.186 e. The third-order valence-electron chi connectivity index (χ3n) is 5.94. The summed E-state index contributed by atoms with van der Waals surface area (Å²) in [7, 11) is 0. The SMILES string of the molecule is Cc1c(CCOC2OC(CO)C(O)C(O)C2O)c(CO)cc2c1C(=O)C(C)C2O. The van der Waals surface area contributed by atoms with Crippen molar-refractivity contribution in [2.45, 2.75) is 63.7 Å². The molecule has 1 saturated heterocycles. The molecule has 9 nitrogen and oxygen atoms in total. The topological polar surface area (TPSA) is 157 Å². The second-order valence-corrected chi connectivity index (χ2v) is 7.68. The average molecular weight is 412 g/mol. The number of aliphatic hydroxyl groups excluding tert-OH is 6. The lowest BCUT2D eigenvalue weighted by Gasteiger charge is -2.39. The van der Waals surface area contributed by atoms with Crippen LogP contribution in [-0.2, 0) is 22.5 Å². The number of carbonyl (C=O) groups excluding carboxylic acids is 1. The molecule has 0 amide bonds. The molecule has 3 rings (SSSR count). The van der Waals surface area contributed by atoms with Crippen LogP contribution in [0, 0.1) is 12.8 Å². The van der Waals surface area contributed by atoms with Gasteiger partial charge in [0.25, 0.3) is 0 Å². The molecule has 0 radical (unpaired) electrons. The van der Waals surface area contributed by atoms with Gasteiger partial charge in [-0.25, -0.2) is 0 Å². The summed E-state index contributed by atoms with van der Waals surface area (Å²) in [5.74, 6) is -0.693. The summed E-state index contributed by atoms with van der Waals surface area (Å²) in [6, 6.07) is 1.64. The molecule has 6 N–H and O–H groups in total. The molecule has 0 saturated carbocycles. The maximum atomic E-state index is 12.5. The van der Waals surface area contributed by atoms with Crippen LogP contribution in [0.1, 0.15) is 45.6 Å². The Bertz CT molecular complexity index is 763. The lowest BCUT2D eigenvalue weighted by Crippen LogP contribution is -2.59. The van der Waals surface area contributed by atoms with Crippen molar-refractivity contribution in [3.63, 3.8) is 0 Å². The predicted molar refractivity (Wildman–Crippen MR) is 99.0 cm³/mol. The van der Waals surface area contributed by atoms with E-state index in [9.17, 15) is 35.4 Å². The van der Waals surface area contributed by atoms with Crippen LogP contribution in [0.5, 0.6) is 0 Å². The van der Waals surface area contributed by atoms with Gasteiger partial charge in [-0.15, -0.1) is 0 Å². The molecule has 0 aromatic heterocycles. The zero-order chi connectivity index (χ0) is 21.5. The van der Waals surface area contributed by atoms with E-state index in [0.29, 0.717) is 27.8 Å². The van der Waals surface area contributed by atoms with Crippen LogP contribution in [0.25, 0.3) is 0 Å². The number of hydrogen-bond acceptors (Lipinski definition) is 9. The largest absolute Gasteiger partial charge is 0.394 e. The van der Waals surface area contributed by atoms with Crippen molar-refractivity contribution in [1.82, 2.24) is 0 Å². The Kier molecular flexibility index (Phi) is 6.71. The second kappa shape index (κ2) is 8.75. The molecule has 2 aliphatic rings. The first kappa shape index (κ1) is 22.3. The van der Waals surface area contributed by atoms with Crippen molar-refractivity contribution in [2.75, 3.05) is 13.2 Å². The number of fused-ring (bicyclic) bond motifs is 1.